The van der Waals surface area contributed by atoms with Gasteiger partial charge in [0.05, 0.1) is 30.3 Å². The lowest BCUT2D eigenvalue weighted by atomic mass is 10.2. The van der Waals surface area contributed by atoms with Crippen LogP contribution < -0.4 is 5.32 Å². The average molecular weight is 449 g/mol. The fourth-order valence-corrected chi connectivity index (χ4v) is 5.46. The summed E-state index contributed by atoms with van der Waals surface area (Å²) in [4.78, 5) is 14.5. The van der Waals surface area contributed by atoms with Gasteiger partial charge in [0.15, 0.2) is 0 Å². The Morgan fingerprint density at radius 2 is 1.65 bits per heavy atom. The first-order valence-electron chi connectivity index (χ1n) is 10.4. The van der Waals surface area contributed by atoms with E-state index in [-0.39, 0.29) is 19.1 Å². The minimum atomic E-state index is -3.52. The van der Waals surface area contributed by atoms with Crippen LogP contribution in [0, 0.1) is 13.8 Å². The molecule has 2 amide bonds. The highest BCUT2D eigenvalue weighted by molar-refractivity contribution is 7.86. The van der Waals surface area contributed by atoms with E-state index in [9.17, 15) is 13.2 Å². The Hall–Kier alpha value is -2.47. The summed E-state index contributed by atoms with van der Waals surface area (Å²) in [6.45, 7) is 6.65. The summed E-state index contributed by atoms with van der Waals surface area (Å²) < 4.78 is 35.6. The van der Waals surface area contributed by atoms with E-state index < -0.39 is 10.2 Å². The number of benzene rings is 1. The van der Waals surface area contributed by atoms with Gasteiger partial charge in [-0.15, -0.1) is 0 Å². The molecule has 0 bridgehead atoms. The van der Waals surface area contributed by atoms with Crippen LogP contribution in [-0.2, 0) is 14.9 Å². The highest BCUT2D eigenvalue weighted by atomic mass is 32.2. The molecule has 0 radical (unpaired) electrons. The number of aryl methyl sites for hydroxylation is 2. The van der Waals surface area contributed by atoms with Crippen molar-refractivity contribution in [2.75, 3.05) is 57.8 Å². The van der Waals surface area contributed by atoms with Crippen molar-refractivity contribution in [3.63, 3.8) is 0 Å². The number of carbonyl (C=O) groups is 1. The molecule has 0 unspecified atom stereocenters. The molecule has 2 saturated heterocycles. The van der Waals surface area contributed by atoms with Gasteiger partial charge in [-0.2, -0.15) is 22.1 Å². The third-order valence-corrected chi connectivity index (χ3v) is 7.57. The molecule has 2 fully saturated rings. The molecule has 2 aliphatic rings. The van der Waals surface area contributed by atoms with Crippen molar-refractivity contribution in [1.82, 2.24) is 23.3 Å². The van der Waals surface area contributed by atoms with E-state index in [1.54, 1.807) is 9.58 Å². The number of para-hydroxylation sites is 2. The second-order valence-corrected chi connectivity index (χ2v) is 9.62. The summed E-state index contributed by atoms with van der Waals surface area (Å²) in [5.41, 5.74) is 3.31. The number of hydrogen-bond acceptors (Lipinski definition) is 5. The summed E-state index contributed by atoms with van der Waals surface area (Å²) >= 11 is 0. The lowest BCUT2D eigenvalue weighted by Gasteiger charge is -2.37. The van der Waals surface area contributed by atoms with Crippen LogP contribution >= 0.6 is 0 Å². The Bertz CT molecular complexity index is 1040. The zero-order chi connectivity index (χ0) is 22.0. The quantitative estimate of drug-likeness (QED) is 0.758. The van der Waals surface area contributed by atoms with Crippen molar-refractivity contribution in [3.8, 4) is 5.69 Å². The number of nitrogens with zero attached hydrogens (tertiary/aromatic N) is 5. The molecule has 1 aromatic heterocycles. The third-order valence-electron chi connectivity index (χ3n) is 5.53. The zero-order valence-electron chi connectivity index (χ0n) is 17.8. The normalized spacial score (nSPS) is 18.8. The number of piperazine rings is 1. The van der Waals surface area contributed by atoms with Crippen LogP contribution in [0.4, 0.5) is 10.5 Å². The smallest absolute Gasteiger partial charge is 0.321 e. The van der Waals surface area contributed by atoms with Gasteiger partial charge in [0.2, 0.25) is 0 Å². The van der Waals surface area contributed by atoms with E-state index in [1.807, 2.05) is 44.2 Å². The second kappa shape index (κ2) is 8.95. The molecule has 2 aromatic rings. The molecule has 0 spiro atoms. The monoisotopic (exact) mass is 448 g/mol. The van der Waals surface area contributed by atoms with Gasteiger partial charge in [-0.05, 0) is 32.0 Å². The van der Waals surface area contributed by atoms with Crippen molar-refractivity contribution >= 4 is 21.9 Å². The lowest BCUT2D eigenvalue weighted by Crippen LogP contribution is -2.56. The Balaban J connectivity index is 1.41. The number of amides is 2. The van der Waals surface area contributed by atoms with Crippen molar-refractivity contribution in [2.45, 2.75) is 13.8 Å². The van der Waals surface area contributed by atoms with Gasteiger partial charge in [-0.3, -0.25) is 0 Å². The van der Waals surface area contributed by atoms with Gasteiger partial charge in [-0.25, -0.2) is 9.48 Å². The van der Waals surface area contributed by atoms with Crippen LogP contribution in [0.3, 0.4) is 0 Å². The number of hydrogen-bond donors (Lipinski definition) is 1. The standard InChI is InChI=1S/C20H28N6O4S/c1-16-15-17(2)26(22-16)19-6-4-3-5-18(19)21-20(27)23-7-9-24(10-8-23)31(28,29)25-11-13-30-14-12-25/h3-6,15H,7-14H2,1-2H3,(H,21,27). The zero-order valence-corrected chi connectivity index (χ0v) is 18.6. The molecule has 1 aromatic carbocycles. The van der Waals surface area contributed by atoms with E-state index in [0.29, 0.717) is 45.1 Å². The van der Waals surface area contributed by atoms with Crippen molar-refractivity contribution in [3.05, 3.63) is 41.7 Å². The van der Waals surface area contributed by atoms with Crippen molar-refractivity contribution < 1.29 is 17.9 Å². The molecular weight excluding hydrogens is 420 g/mol. The first-order chi connectivity index (χ1) is 14.9. The number of rotatable bonds is 4. The first-order valence-corrected chi connectivity index (χ1v) is 11.8. The minimum absolute atomic E-state index is 0.252. The molecule has 168 valence electrons. The molecule has 10 nitrogen and oxygen atoms in total. The van der Waals surface area contributed by atoms with Crippen LogP contribution in [0.2, 0.25) is 0 Å². The van der Waals surface area contributed by atoms with Gasteiger partial charge in [0.25, 0.3) is 10.2 Å². The molecule has 0 saturated carbocycles. The van der Waals surface area contributed by atoms with Gasteiger partial charge in [-0.1, -0.05) is 12.1 Å². The molecule has 0 atom stereocenters. The van der Waals surface area contributed by atoms with Crippen LogP contribution in [0.5, 0.6) is 0 Å². The van der Waals surface area contributed by atoms with Crippen LogP contribution in [0.25, 0.3) is 5.69 Å². The summed E-state index contributed by atoms with van der Waals surface area (Å²) in [6.07, 6.45) is 0. The summed E-state index contributed by atoms with van der Waals surface area (Å²) in [7, 11) is -3.52. The molecule has 31 heavy (non-hydrogen) atoms. The second-order valence-electron chi connectivity index (χ2n) is 7.69. The maximum atomic E-state index is 12.9. The van der Waals surface area contributed by atoms with Gasteiger partial charge in [0.1, 0.15) is 0 Å². The molecule has 4 rings (SSSR count). The Labute approximate surface area is 182 Å². The Kier molecular flexibility index (Phi) is 6.28. The van der Waals surface area contributed by atoms with Crippen LogP contribution in [0.1, 0.15) is 11.4 Å². The van der Waals surface area contributed by atoms with Crippen LogP contribution in [-0.4, -0.2) is 90.2 Å². The van der Waals surface area contributed by atoms with Gasteiger partial charge in [0, 0.05) is 45.0 Å². The topological polar surface area (TPSA) is 100 Å². The maximum absolute atomic E-state index is 12.9. The molecule has 1 N–H and O–H groups in total. The number of ether oxygens (including phenoxy) is 1. The van der Waals surface area contributed by atoms with E-state index >= 15 is 0 Å². The number of morpholine rings is 1. The lowest BCUT2D eigenvalue weighted by molar-refractivity contribution is 0.0691. The average Bonchev–Trinajstić information content (AvgIpc) is 3.12. The fourth-order valence-electron chi connectivity index (χ4n) is 3.89. The highest BCUT2D eigenvalue weighted by Gasteiger charge is 2.34. The predicted molar refractivity (Wildman–Crippen MR) is 117 cm³/mol. The van der Waals surface area contributed by atoms with E-state index in [2.05, 4.69) is 10.4 Å². The summed E-state index contributed by atoms with van der Waals surface area (Å²) in [6, 6.07) is 9.23. The van der Waals surface area contributed by atoms with E-state index in [0.717, 1.165) is 17.1 Å². The number of urea groups is 1. The van der Waals surface area contributed by atoms with E-state index in [1.165, 1.54) is 8.61 Å². The molecule has 11 heteroatoms. The first kappa shape index (κ1) is 21.8. The minimum Gasteiger partial charge on any atom is -0.379 e. The van der Waals surface area contributed by atoms with Crippen molar-refractivity contribution in [1.29, 1.82) is 0 Å². The van der Waals surface area contributed by atoms with Gasteiger partial charge < -0.3 is 15.0 Å². The largest absolute Gasteiger partial charge is 0.379 e. The number of carbonyl (C=O) groups excluding carboxylic acids is 1. The highest BCUT2D eigenvalue weighted by Crippen LogP contribution is 2.22. The summed E-state index contributed by atoms with van der Waals surface area (Å²) in [5, 5.41) is 7.47. The molecule has 0 aliphatic carbocycles. The maximum Gasteiger partial charge on any atom is 0.321 e. The van der Waals surface area contributed by atoms with Gasteiger partial charge >= 0.3 is 6.03 Å². The fraction of sp³-hybridized carbons (Fsp3) is 0.500. The number of nitrogens with one attached hydrogen (secondary N) is 1. The van der Waals surface area contributed by atoms with Crippen LogP contribution in [0.15, 0.2) is 30.3 Å². The van der Waals surface area contributed by atoms with Crippen molar-refractivity contribution in [2.24, 2.45) is 0 Å². The number of aromatic nitrogens is 2. The van der Waals surface area contributed by atoms with E-state index in [4.69, 9.17) is 4.74 Å². The predicted octanol–water partition coefficient (Wildman–Crippen LogP) is 1.22. The molecule has 3 heterocycles. The number of anilines is 1. The molecular formula is C20H28N6O4S. The SMILES string of the molecule is Cc1cc(C)n(-c2ccccc2NC(=O)N2CCN(S(=O)(=O)N3CCOCC3)CC2)n1. The Morgan fingerprint density at radius 1 is 1.00 bits per heavy atom. The third kappa shape index (κ3) is 4.59. The summed E-state index contributed by atoms with van der Waals surface area (Å²) in [5.74, 6) is 0. The Morgan fingerprint density at radius 3 is 2.29 bits per heavy atom. The molecule has 2 aliphatic heterocycles.